The summed E-state index contributed by atoms with van der Waals surface area (Å²) < 4.78 is 0. The minimum Gasteiger partial charge on any atom is -0.338 e. The Labute approximate surface area is 162 Å². The van der Waals surface area contributed by atoms with E-state index in [4.69, 9.17) is 5.73 Å². The van der Waals surface area contributed by atoms with Crippen LogP contribution in [0, 0.1) is 18.8 Å². The Morgan fingerprint density at radius 1 is 1.26 bits per heavy atom. The summed E-state index contributed by atoms with van der Waals surface area (Å²) in [5.41, 5.74) is 7.83. The number of nitrogens with zero attached hydrogens (tertiary/aromatic N) is 2. The molecule has 148 valence electrons. The van der Waals surface area contributed by atoms with Crippen molar-refractivity contribution in [1.82, 2.24) is 9.80 Å². The molecule has 2 saturated heterocycles. The Morgan fingerprint density at radius 3 is 2.81 bits per heavy atom. The van der Waals surface area contributed by atoms with Gasteiger partial charge in [0.2, 0.25) is 5.91 Å². The molecule has 0 aliphatic carbocycles. The fourth-order valence-electron chi connectivity index (χ4n) is 4.29. The minimum atomic E-state index is -0.124. The van der Waals surface area contributed by atoms with Gasteiger partial charge in [0.1, 0.15) is 0 Å². The molecular formula is C21H32N4O2. The van der Waals surface area contributed by atoms with Gasteiger partial charge in [0, 0.05) is 37.9 Å². The molecule has 3 N–H and O–H groups in total. The average Bonchev–Trinajstić information content (AvgIpc) is 2.67. The zero-order valence-electron chi connectivity index (χ0n) is 16.5. The third kappa shape index (κ3) is 4.80. The highest BCUT2D eigenvalue weighted by Crippen LogP contribution is 2.27. The minimum absolute atomic E-state index is 0.121. The zero-order valence-corrected chi connectivity index (χ0v) is 16.5. The lowest BCUT2D eigenvalue weighted by molar-refractivity contribution is -0.141. The van der Waals surface area contributed by atoms with Gasteiger partial charge < -0.3 is 20.9 Å². The van der Waals surface area contributed by atoms with E-state index in [1.54, 1.807) is 4.90 Å². The average molecular weight is 373 g/mol. The van der Waals surface area contributed by atoms with Crippen molar-refractivity contribution in [2.45, 2.75) is 45.6 Å². The number of carbonyl (C=O) groups excluding carboxylic acids is 2. The number of hydrogen-bond donors (Lipinski definition) is 2. The number of benzene rings is 1. The van der Waals surface area contributed by atoms with E-state index in [-0.39, 0.29) is 23.9 Å². The number of rotatable bonds is 3. The van der Waals surface area contributed by atoms with E-state index in [9.17, 15) is 9.59 Å². The predicted molar refractivity (Wildman–Crippen MR) is 107 cm³/mol. The number of piperidine rings is 2. The fourth-order valence-corrected chi connectivity index (χ4v) is 4.29. The molecule has 2 aliphatic heterocycles. The largest absolute Gasteiger partial charge is 0.338 e. The van der Waals surface area contributed by atoms with Crippen LogP contribution < -0.4 is 11.1 Å². The summed E-state index contributed by atoms with van der Waals surface area (Å²) >= 11 is 0. The number of hydrogen-bond acceptors (Lipinski definition) is 3. The molecule has 1 aromatic rings. The van der Waals surface area contributed by atoms with Gasteiger partial charge in [-0.15, -0.1) is 0 Å². The van der Waals surface area contributed by atoms with Crippen molar-refractivity contribution in [3.05, 3.63) is 29.8 Å². The second-order valence-electron chi connectivity index (χ2n) is 8.14. The number of urea groups is 1. The first kappa shape index (κ1) is 19.7. The van der Waals surface area contributed by atoms with Gasteiger partial charge >= 0.3 is 6.03 Å². The van der Waals surface area contributed by atoms with Gasteiger partial charge in [-0.3, -0.25) is 4.79 Å². The van der Waals surface area contributed by atoms with Crippen LogP contribution in [0.1, 0.15) is 38.2 Å². The summed E-state index contributed by atoms with van der Waals surface area (Å²) in [6.45, 7) is 6.70. The number of amides is 3. The number of nitrogens with one attached hydrogen (secondary N) is 1. The van der Waals surface area contributed by atoms with E-state index in [0.717, 1.165) is 43.5 Å². The van der Waals surface area contributed by atoms with Crippen molar-refractivity contribution in [2.24, 2.45) is 17.6 Å². The topological polar surface area (TPSA) is 78.7 Å². The van der Waals surface area contributed by atoms with Crippen LogP contribution >= 0.6 is 0 Å². The molecule has 0 bridgehead atoms. The van der Waals surface area contributed by atoms with Crippen molar-refractivity contribution < 1.29 is 9.59 Å². The summed E-state index contributed by atoms with van der Waals surface area (Å²) in [5, 5.41) is 2.96. The summed E-state index contributed by atoms with van der Waals surface area (Å²) in [7, 11) is 0. The maximum atomic E-state index is 13.1. The van der Waals surface area contributed by atoms with E-state index in [1.165, 1.54) is 0 Å². The SMILES string of the molecule is Cc1cccc(NC(=O)N2CCCC(C(=O)N3CCC(C)CC3CN)C2)c1. The van der Waals surface area contributed by atoms with Crippen LogP contribution in [0.2, 0.25) is 0 Å². The first-order valence-electron chi connectivity index (χ1n) is 10.1. The standard InChI is InChI=1S/C21H32N4O2/c1-15-5-3-7-18(11-15)23-21(27)24-9-4-6-17(14-24)20(26)25-10-8-16(2)12-19(25)13-22/h3,5,7,11,16-17,19H,4,6,8-10,12-14,22H2,1-2H3,(H,23,27). The van der Waals surface area contributed by atoms with Gasteiger partial charge in [-0.2, -0.15) is 0 Å². The monoisotopic (exact) mass is 372 g/mol. The second-order valence-corrected chi connectivity index (χ2v) is 8.14. The molecule has 3 unspecified atom stereocenters. The molecule has 3 amide bonds. The van der Waals surface area contributed by atoms with Crippen molar-refractivity contribution in [2.75, 3.05) is 31.5 Å². The van der Waals surface area contributed by atoms with Gasteiger partial charge in [0.15, 0.2) is 0 Å². The molecule has 6 heteroatoms. The van der Waals surface area contributed by atoms with Crippen LogP contribution in [0.25, 0.3) is 0 Å². The van der Waals surface area contributed by atoms with Crippen LogP contribution in [-0.4, -0.2) is 54.0 Å². The van der Waals surface area contributed by atoms with Gasteiger partial charge in [0.25, 0.3) is 0 Å². The Morgan fingerprint density at radius 2 is 2.07 bits per heavy atom. The van der Waals surface area contributed by atoms with Crippen molar-refractivity contribution in [1.29, 1.82) is 0 Å². The van der Waals surface area contributed by atoms with Crippen LogP contribution in [0.5, 0.6) is 0 Å². The lowest BCUT2D eigenvalue weighted by Gasteiger charge is -2.41. The maximum absolute atomic E-state index is 13.1. The van der Waals surface area contributed by atoms with Crippen LogP contribution in [-0.2, 0) is 4.79 Å². The molecule has 6 nitrogen and oxygen atoms in total. The Balaban J connectivity index is 1.61. The Bertz CT molecular complexity index is 678. The van der Waals surface area contributed by atoms with Crippen molar-refractivity contribution >= 4 is 17.6 Å². The third-order valence-corrected chi connectivity index (χ3v) is 5.86. The molecule has 27 heavy (non-hydrogen) atoms. The second kappa shape index (κ2) is 8.74. The normalized spacial score (nSPS) is 26.0. The Hall–Kier alpha value is -2.08. The van der Waals surface area contributed by atoms with E-state index < -0.39 is 0 Å². The molecule has 1 aromatic carbocycles. The lowest BCUT2D eigenvalue weighted by atomic mass is 9.89. The third-order valence-electron chi connectivity index (χ3n) is 5.86. The number of anilines is 1. The summed E-state index contributed by atoms with van der Waals surface area (Å²) in [5.74, 6) is 0.667. The van der Waals surface area contributed by atoms with Crippen molar-refractivity contribution in [3.63, 3.8) is 0 Å². The van der Waals surface area contributed by atoms with Gasteiger partial charge in [-0.1, -0.05) is 19.1 Å². The lowest BCUT2D eigenvalue weighted by Crippen LogP contribution is -2.54. The maximum Gasteiger partial charge on any atom is 0.321 e. The molecule has 0 radical (unpaired) electrons. The molecule has 0 spiro atoms. The smallest absolute Gasteiger partial charge is 0.321 e. The van der Waals surface area contributed by atoms with Gasteiger partial charge in [-0.25, -0.2) is 4.79 Å². The van der Waals surface area contributed by atoms with Gasteiger partial charge in [0.05, 0.1) is 5.92 Å². The number of likely N-dealkylation sites (tertiary alicyclic amines) is 2. The van der Waals surface area contributed by atoms with E-state index in [1.807, 2.05) is 36.1 Å². The quantitative estimate of drug-likeness (QED) is 0.856. The molecule has 0 aromatic heterocycles. The number of aryl methyl sites for hydroxylation is 1. The van der Waals surface area contributed by atoms with E-state index in [2.05, 4.69) is 12.2 Å². The first-order chi connectivity index (χ1) is 13.0. The van der Waals surface area contributed by atoms with Crippen LogP contribution in [0.15, 0.2) is 24.3 Å². The fraction of sp³-hybridized carbons (Fsp3) is 0.619. The Kier molecular flexibility index (Phi) is 6.37. The molecular weight excluding hydrogens is 340 g/mol. The summed E-state index contributed by atoms with van der Waals surface area (Å²) in [4.78, 5) is 29.5. The number of nitrogens with two attached hydrogens (primary N) is 1. The molecule has 2 heterocycles. The molecule has 3 rings (SSSR count). The molecule has 3 atom stereocenters. The highest BCUT2D eigenvalue weighted by molar-refractivity contribution is 5.90. The molecule has 0 saturated carbocycles. The van der Waals surface area contributed by atoms with Crippen LogP contribution in [0.4, 0.5) is 10.5 Å². The van der Waals surface area contributed by atoms with E-state index >= 15 is 0 Å². The molecule has 2 fully saturated rings. The first-order valence-corrected chi connectivity index (χ1v) is 10.1. The van der Waals surface area contributed by atoms with E-state index in [0.29, 0.717) is 25.6 Å². The van der Waals surface area contributed by atoms with Crippen LogP contribution in [0.3, 0.4) is 0 Å². The summed E-state index contributed by atoms with van der Waals surface area (Å²) in [6, 6.07) is 7.78. The highest BCUT2D eigenvalue weighted by Gasteiger charge is 2.35. The summed E-state index contributed by atoms with van der Waals surface area (Å²) in [6.07, 6.45) is 3.71. The molecule has 2 aliphatic rings. The van der Waals surface area contributed by atoms with Crippen molar-refractivity contribution in [3.8, 4) is 0 Å². The van der Waals surface area contributed by atoms with Gasteiger partial charge in [-0.05, 0) is 56.2 Å². The zero-order chi connectivity index (χ0) is 19.4. The highest BCUT2D eigenvalue weighted by atomic mass is 16.2. The number of carbonyl (C=O) groups is 2. The predicted octanol–water partition coefficient (Wildman–Crippen LogP) is 2.82.